The molecular weight excluding hydrogens is 212 g/mol. The summed E-state index contributed by atoms with van der Waals surface area (Å²) in [5.74, 6) is -0.518. The van der Waals surface area contributed by atoms with Gasteiger partial charge in [-0.2, -0.15) is 0 Å². The maximum absolute atomic E-state index is 13.4. The van der Waals surface area contributed by atoms with Gasteiger partial charge in [-0.15, -0.1) is 0 Å². The van der Waals surface area contributed by atoms with Gasteiger partial charge in [0.1, 0.15) is 17.5 Å². The van der Waals surface area contributed by atoms with E-state index < -0.39 is 11.6 Å². The van der Waals surface area contributed by atoms with E-state index in [2.05, 4.69) is 4.98 Å². The first kappa shape index (κ1) is 10.8. The van der Waals surface area contributed by atoms with Crippen molar-refractivity contribution in [3.63, 3.8) is 0 Å². The number of hydrogen-bond donors (Lipinski definition) is 1. The maximum atomic E-state index is 13.4. The van der Waals surface area contributed by atoms with Crippen LogP contribution in [0.15, 0.2) is 30.6 Å². The van der Waals surface area contributed by atoms with Crippen molar-refractivity contribution in [2.45, 2.75) is 13.1 Å². The van der Waals surface area contributed by atoms with E-state index in [1.807, 2.05) is 0 Å². The largest absolute Gasteiger partial charge is 0.329 e. The minimum Gasteiger partial charge on any atom is -0.329 e. The van der Waals surface area contributed by atoms with E-state index in [1.165, 1.54) is 18.2 Å². The fourth-order valence-electron chi connectivity index (χ4n) is 1.53. The van der Waals surface area contributed by atoms with E-state index in [9.17, 15) is 8.78 Å². The van der Waals surface area contributed by atoms with Crippen molar-refractivity contribution in [1.82, 2.24) is 9.55 Å². The molecule has 2 aromatic rings. The van der Waals surface area contributed by atoms with Gasteiger partial charge in [0.25, 0.3) is 0 Å². The number of hydrogen-bond acceptors (Lipinski definition) is 2. The normalized spacial score (nSPS) is 10.7. The number of rotatable bonds is 3. The van der Waals surface area contributed by atoms with Crippen LogP contribution in [0.5, 0.6) is 0 Å². The van der Waals surface area contributed by atoms with Gasteiger partial charge in [-0.25, -0.2) is 13.8 Å². The SMILES string of the molecule is NCc1nccn1Cc1c(F)cccc1F. The molecular formula is C11H11F2N3. The zero-order chi connectivity index (χ0) is 11.5. The summed E-state index contributed by atoms with van der Waals surface area (Å²) in [6, 6.07) is 3.81. The molecule has 0 spiro atoms. The smallest absolute Gasteiger partial charge is 0.131 e. The van der Waals surface area contributed by atoms with Crippen LogP contribution in [0.1, 0.15) is 11.4 Å². The van der Waals surface area contributed by atoms with Crippen molar-refractivity contribution in [1.29, 1.82) is 0 Å². The number of imidazole rings is 1. The Balaban J connectivity index is 2.34. The molecule has 0 fully saturated rings. The molecule has 0 saturated heterocycles. The highest BCUT2D eigenvalue weighted by molar-refractivity contribution is 5.20. The predicted octanol–water partition coefficient (Wildman–Crippen LogP) is 1.67. The van der Waals surface area contributed by atoms with Gasteiger partial charge >= 0.3 is 0 Å². The van der Waals surface area contributed by atoms with Crippen molar-refractivity contribution >= 4 is 0 Å². The topological polar surface area (TPSA) is 43.8 Å². The second-order valence-electron chi connectivity index (χ2n) is 3.38. The average Bonchev–Trinajstić information content (AvgIpc) is 2.71. The molecule has 2 N–H and O–H groups in total. The Kier molecular flexibility index (Phi) is 2.96. The first-order valence-electron chi connectivity index (χ1n) is 4.85. The minimum atomic E-state index is -0.559. The number of halogens is 2. The molecule has 2 rings (SSSR count). The van der Waals surface area contributed by atoms with Crippen LogP contribution in [0.2, 0.25) is 0 Å². The Hall–Kier alpha value is -1.75. The van der Waals surface area contributed by atoms with Gasteiger partial charge in [0, 0.05) is 18.0 Å². The molecule has 1 aromatic heterocycles. The van der Waals surface area contributed by atoms with Crippen LogP contribution in [-0.4, -0.2) is 9.55 Å². The Morgan fingerprint density at radius 3 is 2.56 bits per heavy atom. The molecule has 0 aliphatic carbocycles. The fraction of sp³-hybridized carbons (Fsp3) is 0.182. The first-order chi connectivity index (χ1) is 7.72. The van der Waals surface area contributed by atoms with E-state index in [4.69, 9.17) is 5.73 Å². The monoisotopic (exact) mass is 223 g/mol. The predicted molar refractivity (Wildman–Crippen MR) is 55.6 cm³/mol. The van der Waals surface area contributed by atoms with Gasteiger partial charge < -0.3 is 10.3 Å². The summed E-state index contributed by atoms with van der Waals surface area (Å²) < 4.78 is 28.4. The molecule has 0 aliphatic rings. The van der Waals surface area contributed by atoms with Crippen LogP contribution < -0.4 is 5.73 Å². The highest BCUT2D eigenvalue weighted by Gasteiger charge is 2.10. The molecule has 1 heterocycles. The van der Waals surface area contributed by atoms with Gasteiger partial charge in [-0.05, 0) is 12.1 Å². The highest BCUT2D eigenvalue weighted by Crippen LogP contribution is 2.14. The lowest BCUT2D eigenvalue weighted by Crippen LogP contribution is -2.10. The van der Waals surface area contributed by atoms with Gasteiger partial charge in [0.05, 0.1) is 13.1 Å². The molecule has 0 aliphatic heterocycles. The number of nitrogens with two attached hydrogens (primary N) is 1. The van der Waals surface area contributed by atoms with Gasteiger partial charge in [0.2, 0.25) is 0 Å². The van der Waals surface area contributed by atoms with Crippen molar-refractivity contribution in [3.8, 4) is 0 Å². The first-order valence-corrected chi connectivity index (χ1v) is 4.85. The quantitative estimate of drug-likeness (QED) is 0.860. The lowest BCUT2D eigenvalue weighted by atomic mass is 10.2. The van der Waals surface area contributed by atoms with E-state index in [0.717, 1.165) is 0 Å². The van der Waals surface area contributed by atoms with Gasteiger partial charge in [-0.1, -0.05) is 6.07 Å². The van der Waals surface area contributed by atoms with E-state index in [0.29, 0.717) is 5.82 Å². The van der Waals surface area contributed by atoms with Crippen molar-refractivity contribution in [2.24, 2.45) is 5.73 Å². The van der Waals surface area contributed by atoms with Gasteiger partial charge in [0.15, 0.2) is 0 Å². The van der Waals surface area contributed by atoms with Crippen LogP contribution in [-0.2, 0) is 13.1 Å². The Morgan fingerprint density at radius 2 is 1.94 bits per heavy atom. The molecule has 3 nitrogen and oxygen atoms in total. The van der Waals surface area contributed by atoms with Crippen LogP contribution in [0.4, 0.5) is 8.78 Å². The molecule has 5 heteroatoms. The molecule has 84 valence electrons. The molecule has 0 unspecified atom stereocenters. The summed E-state index contributed by atoms with van der Waals surface area (Å²) in [5.41, 5.74) is 5.48. The molecule has 0 radical (unpaired) electrons. The lowest BCUT2D eigenvalue weighted by Gasteiger charge is -2.08. The average molecular weight is 223 g/mol. The van der Waals surface area contributed by atoms with Crippen molar-refractivity contribution in [3.05, 3.63) is 53.6 Å². The number of benzene rings is 1. The third kappa shape index (κ3) is 1.94. The molecule has 0 atom stereocenters. The number of nitrogens with zero attached hydrogens (tertiary/aromatic N) is 2. The molecule has 0 bridgehead atoms. The summed E-state index contributed by atoms with van der Waals surface area (Å²) in [7, 11) is 0. The fourth-order valence-corrected chi connectivity index (χ4v) is 1.53. The zero-order valence-corrected chi connectivity index (χ0v) is 8.53. The Labute approximate surface area is 91.5 Å². The minimum absolute atomic E-state index is 0.0233. The maximum Gasteiger partial charge on any atom is 0.131 e. The van der Waals surface area contributed by atoms with Crippen LogP contribution in [0.3, 0.4) is 0 Å². The molecule has 0 amide bonds. The second-order valence-corrected chi connectivity index (χ2v) is 3.38. The summed E-state index contributed by atoms with van der Waals surface area (Å²) in [6.45, 7) is 0.341. The summed E-state index contributed by atoms with van der Waals surface area (Å²) in [6.07, 6.45) is 3.20. The molecule has 0 saturated carbocycles. The van der Waals surface area contributed by atoms with Crippen LogP contribution in [0.25, 0.3) is 0 Å². The molecule has 16 heavy (non-hydrogen) atoms. The summed E-state index contributed by atoms with van der Waals surface area (Å²) >= 11 is 0. The third-order valence-electron chi connectivity index (χ3n) is 2.37. The van der Waals surface area contributed by atoms with Crippen molar-refractivity contribution in [2.75, 3.05) is 0 Å². The summed E-state index contributed by atoms with van der Waals surface area (Å²) in [5, 5.41) is 0. The van der Waals surface area contributed by atoms with Crippen LogP contribution in [0, 0.1) is 11.6 Å². The van der Waals surface area contributed by atoms with Crippen molar-refractivity contribution < 1.29 is 8.78 Å². The highest BCUT2D eigenvalue weighted by atomic mass is 19.1. The van der Waals surface area contributed by atoms with Crippen LogP contribution >= 0.6 is 0 Å². The summed E-state index contributed by atoms with van der Waals surface area (Å²) in [4.78, 5) is 3.98. The van der Waals surface area contributed by atoms with E-state index >= 15 is 0 Å². The van der Waals surface area contributed by atoms with E-state index in [1.54, 1.807) is 17.0 Å². The van der Waals surface area contributed by atoms with Gasteiger partial charge in [-0.3, -0.25) is 0 Å². The molecule has 1 aromatic carbocycles. The third-order valence-corrected chi connectivity index (χ3v) is 2.37. The number of aromatic nitrogens is 2. The lowest BCUT2D eigenvalue weighted by molar-refractivity contribution is 0.540. The standard InChI is InChI=1S/C11H11F2N3/c12-9-2-1-3-10(13)8(9)7-16-5-4-15-11(16)6-14/h1-5H,6-7,14H2. The van der Waals surface area contributed by atoms with E-state index in [-0.39, 0.29) is 18.7 Å². The second kappa shape index (κ2) is 4.40. The Bertz CT molecular complexity index is 473. The Morgan fingerprint density at radius 1 is 1.25 bits per heavy atom. The zero-order valence-electron chi connectivity index (χ0n) is 8.53.